The average molecular weight is 251 g/mol. The molecule has 1 saturated heterocycles. The average Bonchev–Trinajstić information content (AvgIpc) is 2.41. The van der Waals surface area contributed by atoms with Gasteiger partial charge < -0.3 is 15.4 Å². The zero-order chi connectivity index (χ0) is 13.0. The van der Waals surface area contributed by atoms with E-state index in [-0.39, 0.29) is 11.8 Å². The number of carbonyl (C=O) groups excluding carboxylic acids is 1. The van der Waals surface area contributed by atoms with E-state index in [4.69, 9.17) is 5.21 Å². The standard InChI is InChI=1S/C12H14FN3O2/c13-9-1-3-10(4-2-9)14-12(17)16-7-5-11(15-18)6-8-16/h1-4,18H,5-8H2,(H,14,17). The smallest absolute Gasteiger partial charge is 0.321 e. The summed E-state index contributed by atoms with van der Waals surface area (Å²) in [4.78, 5) is 13.5. The number of anilines is 1. The Balaban J connectivity index is 1.91. The lowest BCUT2D eigenvalue weighted by molar-refractivity contribution is 0.210. The van der Waals surface area contributed by atoms with Gasteiger partial charge in [-0.15, -0.1) is 0 Å². The summed E-state index contributed by atoms with van der Waals surface area (Å²) in [5, 5.41) is 14.5. The molecule has 6 heteroatoms. The molecule has 2 amide bonds. The highest BCUT2D eigenvalue weighted by Crippen LogP contribution is 2.12. The molecule has 0 aromatic heterocycles. The number of urea groups is 1. The zero-order valence-corrected chi connectivity index (χ0v) is 9.77. The fraction of sp³-hybridized carbons (Fsp3) is 0.333. The minimum atomic E-state index is -0.338. The minimum Gasteiger partial charge on any atom is -0.411 e. The van der Waals surface area contributed by atoms with Crippen LogP contribution in [0, 0.1) is 5.82 Å². The van der Waals surface area contributed by atoms with Gasteiger partial charge in [-0.25, -0.2) is 9.18 Å². The number of nitrogens with one attached hydrogen (secondary N) is 1. The van der Waals surface area contributed by atoms with Crippen LogP contribution in [0.3, 0.4) is 0 Å². The lowest BCUT2D eigenvalue weighted by Gasteiger charge is -2.27. The molecule has 1 heterocycles. The first-order valence-corrected chi connectivity index (χ1v) is 5.70. The van der Waals surface area contributed by atoms with Crippen molar-refractivity contribution in [2.24, 2.45) is 5.16 Å². The predicted molar refractivity (Wildman–Crippen MR) is 65.4 cm³/mol. The highest BCUT2D eigenvalue weighted by atomic mass is 19.1. The van der Waals surface area contributed by atoms with Gasteiger partial charge in [0, 0.05) is 31.6 Å². The van der Waals surface area contributed by atoms with Gasteiger partial charge in [0.25, 0.3) is 0 Å². The van der Waals surface area contributed by atoms with Crippen molar-refractivity contribution in [1.82, 2.24) is 4.90 Å². The zero-order valence-electron chi connectivity index (χ0n) is 9.77. The van der Waals surface area contributed by atoms with Crippen molar-refractivity contribution < 1.29 is 14.4 Å². The molecule has 0 aliphatic carbocycles. The first kappa shape index (κ1) is 12.3. The van der Waals surface area contributed by atoms with E-state index in [9.17, 15) is 9.18 Å². The monoisotopic (exact) mass is 251 g/mol. The van der Waals surface area contributed by atoms with Gasteiger partial charge in [-0.3, -0.25) is 0 Å². The van der Waals surface area contributed by atoms with Gasteiger partial charge in [-0.05, 0) is 24.3 Å². The third kappa shape index (κ3) is 2.97. The van der Waals surface area contributed by atoms with Crippen molar-refractivity contribution in [3.63, 3.8) is 0 Å². The summed E-state index contributed by atoms with van der Waals surface area (Å²) in [5.41, 5.74) is 1.27. The van der Waals surface area contributed by atoms with Crippen molar-refractivity contribution in [3.05, 3.63) is 30.1 Å². The Kier molecular flexibility index (Phi) is 3.76. The number of likely N-dealkylation sites (tertiary alicyclic amines) is 1. The Morgan fingerprint density at radius 3 is 2.44 bits per heavy atom. The fourth-order valence-electron chi connectivity index (χ4n) is 1.80. The molecular weight excluding hydrogens is 237 g/mol. The summed E-state index contributed by atoms with van der Waals surface area (Å²) in [6, 6.07) is 5.39. The molecule has 18 heavy (non-hydrogen) atoms. The van der Waals surface area contributed by atoms with Gasteiger partial charge in [-0.2, -0.15) is 0 Å². The number of hydrogen-bond acceptors (Lipinski definition) is 3. The molecule has 0 unspecified atom stereocenters. The molecule has 0 atom stereocenters. The van der Waals surface area contributed by atoms with Crippen LogP contribution < -0.4 is 5.32 Å². The van der Waals surface area contributed by atoms with E-state index < -0.39 is 0 Å². The summed E-state index contributed by atoms with van der Waals surface area (Å²) in [6.07, 6.45) is 1.15. The maximum absolute atomic E-state index is 12.7. The second kappa shape index (κ2) is 5.48. The van der Waals surface area contributed by atoms with Crippen molar-refractivity contribution in [1.29, 1.82) is 0 Å². The maximum Gasteiger partial charge on any atom is 0.321 e. The van der Waals surface area contributed by atoms with Gasteiger partial charge in [0.15, 0.2) is 0 Å². The van der Waals surface area contributed by atoms with Crippen molar-refractivity contribution in [3.8, 4) is 0 Å². The highest BCUT2D eigenvalue weighted by molar-refractivity contribution is 5.92. The SMILES string of the molecule is O=C(Nc1ccc(F)cc1)N1CCC(=NO)CC1. The second-order valence-corrected chi connectivity index (χ2v) is 4.09. The number of rotatable bonds is 1. The number of oxime groups is 1. The number of hydrogen-bond donors (Lipinski definition) is 2. The molecule has 0 saturated carbocycles. The number of piperidine rings is 1. The number of carbonyl (C=O) groups is 1. The molecule has 1 aromatic carbocycles. The van der Waals surface area contributed by atoms with E-state index in [0.717, 1.165) is 0 Å². The van der Waals surface area contributed by atoms with E-state index in [1.807, 2.05) is 0 Å². The molecule has 2 N–H and O–H groups in total. The molecule has 1 aliphatic heterocycles. The van der Waals surface area contributed by atoms with Gasteiger partial charge in [0.05, 0.1) is 5.71 Å². The van der Waals surface area contributed by atoms with Crippen LogP contribution in [-0.4, -0.2) is 34.9 Å². The molecule has 1 aromatic rings. The van der Waals surface area contributed by atoms with Crippen LogP contribution >= 0.6 is 0 Å². The van der Waals surface area contributed by atoms with Gasteiger partial charge in [0.2, 0.25) is 0 Å². The van der Waals surface area contributed by atoms with Crippen molar-refractivity contribution in [2.45, 2.75) is 12.8 Å². The van der Waals surface area contributed by atoms with E-state index in [0.29, 0.717) is 37.3 Å². The Morgan fingerprint density at radius 1 is 1.28 bits per heavy atom. The first-order chi connectivity index (χ1) is 8.69. The largest absolute Gasteiger partial charge is 0.411 e. The second-order valence-electron chi connectivity index (χ2n) is 4.09. The molecule has 1 fully saturated rings. The lowest BCUT2D eigenvalue weighted by atomic mass is 10.1. The number of benzene rings is 1. The Hall–Kier alpha value is -2.11. The normalized spacial score (nSPS) is 15.4. The number of halogens is 1. The van der Waals surface area contributed by atoms with Crippen LogP contribution in [0.15, 0.2) is 29.4 Å². The van der Waals surface area contributed by atoms with Gasteiger partial charge >= 0.3 is 6.03 Å². The predicted octanol–water partition coefficient (Wildman–Crippen LogP) is 2.28. The maximum atomic E-state index is 12.7. The molecular formula is C12H14FN3O2. The number of nitrogens with zero attached hydrogens (tertiary/aromatic N) is 2. The van der Waals surface area contributed by atoms with E-state index >= 15 is 0 Å². The molecule has 96 valence electrons. The van der Waals surface area contributed by atoms with E-state index in [2.05, 4.69) is 10.5 Å². The summed E-state index contributed by atoms with van der Waals surface area (Å²) in [6.45, 7) is 1.04. The molecule has 5 nitrogen and oxygen atoms in total. The van der Waals surface area contributed by atoms with E-state index in [1.165, 1.54) is 24.3 Å². The van der Waals surface area contributed by atoms with Crippen LogP contribution in [-0.2, 0) is 0 Å². The van der Waals surface area contributed by atoms with Gasteiger partial charge in [-0.1, -0.05) is 5.16 Å². The molecule has 0 radical (unpaired) electrons. The third-order valence-corrected chi connectivity index (χ3v) is 2.86. The lowest BCUT2D eigenvalue weighted by Crippen LogP contribution is -2.41. The quantitative estimate of drug-likeness (QED) is 0.594. The third-order valence-electron chi connectivity index (χ3n) is 2.86. The van der Waals surface area contributed by atoms with Crippen LogP contribution in [0.25, 0.3) is 0 Å². The summed E-state index contributed by atoms with van der Waals surface area (Å²) in [5.74, 6) is -0.338. The minimum absolute atomic E-state index is 0.224. The topological polar surface area (TPSA) is 64.9 Å². The highest BCUT2D eigenvalue weighted by Gasteiger charge is 2.19. The van der Waals surface area contributed by atoms with Crippen LogP contribution in [0.5, 0.6) is 0 Å². The Morgan fingerprint density at radius 2 is 1.89 bits per heavy atom. The molecule has 2 rings (SSSR count). The van der Waals surface area contributed by atoms with Crippen LogP contribution in [0.2, 0.25) is 0 Å². The molecule has 0 bridgehead atoms. The fourth-order valence-corrected chi connectivity index (χ4v) is 1.80. The molecule has 0 spiro atoms. The van der Waals surface area contributed by atoms with Crippen LogP contribution in [0.1, 0.15) is 12.8 Å². The van der Waals surface area contributed by atoms with Crippen molar-refractivity contribution in [2.75, 3.05) is 18.4 Å². The van der Waals surface area contributed by atoms with Crippen LogP contribution in [0.4, 0.5) is 14.9 Å². The molecule has 1 aliphatic rings. The Labute approximate surface area is 104 Å². The first-order valence-electron chi connectivity index (χ1n) is 5.70. The Bertz CT molecular complexity index is 449. The van der Waals surface area contributed by atoms with Crippen molar-refractivity contribution >= 4 is 17.4 Å². The van der Waals surface area contributed by atoms with Gasteiger partial charge in [0.1, 0.15) is 5.82 Å². The number of amides is 2. The van der Waals surface area contributed by atoms with E-state index in [1.54, 1.807) is 4.90 Å². The summed E-state index contributed by atoms with van der Waals surface area (Å²) in [7, 11) is 0. The summed E-state index contributed by atoms with van der Waals surface area (Å²) < 4.78 is 12.7. The summed E-state index contributed by atoms with van der Waals surface area (Å²) >= 11 is 0.